The van der Waals surface area contributed by atoms with Crippen LogP contribution in [0.1, 0.15) is 157 Å². The zero-order valence-corrected chi connectivity index (χ0v) is 63.6. The van der Waals surface area contributed by atoms with Gasteiger partial charge in [0.15, 0.2) is 0 Å². The summed E-state index contributed by atoms with van der Waals surface area (Å²) in [6, 6.07) is 26.1. The van der Waals surface area contributed by atoms with Crippen LogP contribution in [-0.4, -0.2) is 155 Å². The summed E-state index contributed by atoms with van der Waals surface area (Å²) in [4.78, 5) is 93.8. The number of aromatic hydroxyl groups is 2. The maximum Gasteiger partial charge on any atom is 0.417 e. The summed E-state index contributed by atoms with van der Waals surface area (Å²) in [5, 5.41) is 47.5. The molecule has 0 saturated carbocycles. The number of ether oxygens (including phenoxy) is 7. The minimum atomic E-state index is -0.995. The summed E-state index contributed by atoms with van der Waals surface area (Å²) >= 11 is 5.28. The van der Waals surface area contributed by atoms with Gasteiger partial charge < -0.3 is 64.0 Å². The Morgan fingerprint density at radius 3 is 1.32 bits per heavy atom. The number of carboxylic acid groups (broad SMARTS) is 2. The number of carboxylic acids is 2. The molecule has 5 amide bonds. The lowest BCUT2D eigenvalue weighted by atomic mass is 9.84. The molecule has 0 spiro atoms. The molecule has 23 nitrogen and oxygen atoms in total. The van der Waals surface area contributed by atoms with Crippen molar-refractivity contribution in [1.29, 1.82) is 0 Å². The predicted octanol–water partition coefficient (Wildman–Crippen LogP) is 14.5. The Hall–Kier alpha value is -9.61. The highest BCUT2D eigenvalue weighted by Gasteiger charge is 2.42. The highest BCUT2D eigenvalue weighted by molar-refractivity contribution is 6.63. The number of alkyl carbamates (subject to hydrolysis) is 1. The van der Waals surface area contributed by atoms with E-state index in [1.54, 1.807) is 48.4 Å². The number of nitrogens with zero attached hydrogens (tertiary/aromatic N) is 2. The van der Waals surface area contributed by atoms with Crippen LogP contribution >= 0.6 is 11.6 Å². The standard InChI is InChI=1S/C17H23NO4.C16H21NO4.C11H14O3.C10H11ClO2.C10H16O.C9H10O4.C6H11NO2/c1-10(2)15-9-22-17(20)18(15)16(19)12(4)13-6-11(3)7-14(8-13)21-5;1-10(2)14-9-21-16(19)17(14)15(18)8-12-5-11(3)6-13(7-12)20-4;1-7-4-9(8(2)11(12)13)6-10(5-7)14-3;1-7-3-8(6-10(11)12)5-9(4-7)13-2;1-8(2)9-4-6-10(3,11)7-5-9;1-5(9(12)13)6-2-7(10)4-8(11)3-6;1-4(2)5-3-9-6(8)7-5/h6-8,10,12,15H,9H2,1-5H3;5-7,10,14H,8-9H2,1-4H3;4-6,8H,1-3H3,(H,12,13);3-5H,6H2,1-2H3;4,6,9,11H,1,5,7H2,2-3H3;2-5,10-11H,1H3,(H,12,13);4-5H,3H2,1-2H3,(H,7,8)/t12-,15+;14-;8-;;9-,10+;2*5-/m010.001/s1. The van der Waals surface area contributed by atoms with Crippen LogP contribution in [0.25, 0.3) is 0 Å². The summed E-state index contributed by atoms with van der Waals surface area (Å²) in [6.07, 6.45) is 4.86. The maximum atomic E-state index is 12.8. The number of rotatable bonds is 18. The largest absolute Gasteiger partial charge is 0.508 e. The van der Waals surface area contributed by atoms with Gasteiger partial charge >= 0.3 is 30.2 Å². The van der Waals surface area contributed by atoms with Crippen molar-refractivity contribution in [3.05, 3.63) is 165 Å². The number of aliphatic hydroxyl groups is 1. The van der Waals surface area contributed by atoms with E-state index in [1.807, 2.05) is 142 Å². The summed E-state index contributed by atoms with van der Waals surface area (Å²) in [5.74, 6) is -0.0508. The van der Waals surface area contributed by atoms with E-state index in [0.29, 0.717) is 41.3 Å². The molecule has 103 heavy (non-hydrogen) atoms. The monoisotopic (exact) mass is 1450 g/mol. The molecule has 0 aromatic heterocycles. The summed E-state index contributed by atoms with van der Waals surface area (Å²) in [6.45, 7) is 33.6. The van der Waals surface area contributed by atoms with Gasteiger partial charge in [-0.3, -0.25) is 24.0 Å². The lowest BCUT2D eigenvalue weighted by molar-refractivity contribution is -0.139. The number of amides is 5. The van der Waals surface area contributed by atoms with Gasteiger partial charge in [0.05, 0.1) is 76.3 Å². The highest BCUT2D eigenvalue weighted by atomic mass is 35.5. The Balaban J connectivity index is 0.000000319. The Morgan fingerprint density at radius 2 is 0.961 bits per heavy atom. The number of aliphatic carboxylic acids is 2. The Kier molecular flexibility index (Phi) is 35.3. The number of phenols is 2. The van der Waals surface area contributed by atoms with Gasteiger partial charge in [0, 0.05) is 12.5 Å². The van der Waals surface area contributed by atoms with Crippen molar-refractivity contribution in [3.8, 4) is 34.5 Å². The molecule has 3 aliphatic heterocycles. The lowest BCUT2D eigenvalue weighted by Gasteiger charge is -2.27. The number of carbonyl (C=O) groups is 8. The first-order valence-corrected chi connectivity index (χ1v) is 34.3. The van der Waals surface area contributed by atoms with Crippen LogP contribution < -0.4 is 24.3 Å². The molecule has 3 heterocycles. The molecule has 24 heteroatoms. The second kappa shape index (κ2) is 41.5. The predicted molar refractivity (Wildman–Crippen MR) is 394 cm³/mol. The van der Waals surface area contributed by atoms with Crippen LogP contribution in [0.15, 0.2) is 115 Å². The quantitative estimate of drug-likeness (QED) is 0.0270. The van der Waals surface area contributed by atoms with Crippen LogP contribution in [0.3, 0.4) is 0 Å². The Bertz CT molecular complexity index is 3730. The number of allylic oxidation sites excluding steroid dienone is 2. The molecule has 6 N–H and O–H groups in total. The Labute approximate surface area is 611 Å². The second-order valence-electron chi connectivity index (χ2n) is 27.2. The van der Waals surface area contributed by atoms with Gasteiger partial charge in [-0.1, -0.05) is 90.1 Å². The van der Waals surface area contributed by atoms with Crippen molar-refractivity contribution in [2.45, 2.75) is 171 Å². The minimum Gasteiger partial charge on any atom is -0.508 e. The molecule has 8 atom stereocenters. The molecule has 4 aliphatic rings. The number of hydrogen-bond donors (Lipinski definition) is 6. The minimum absolute atomic E-state index is 0.136. The van der Waals surface area contributed by atoms with Gasteiger partial charge in [0.2, 0.25) is 17.1 Å². The summed E-state index contributed by atoms with van der Waals surface area (Å²) in [7, 11) is 6.36. The average Bonchev–Trinajstić information content (AvgIpc) is 1.71. The number of halogens is 1. The van der Waals surface area contributed by atoms with E-state index < -0.39 is 47.5 Å². The van der Waals surface area contributed by atoms with Crippen LogP contribution in [0, 0.1) is 51.4 Å². The third-order valence-corrected chi connectivity index (χ3v) is 17.3. The number of benzene rings is 5. The summed E-state index contributed by atoms with van der Waals surface area (Å²) in [5.41, 5.74) is 8.42. The lowest BCUT2D eigenvalue weighted by Crippen LogP contribution is -2.43. The van der Waals surface area contributed by atoms with E-state index in [1.165, 1.54) is 34.4 Å². The fraction of sp³-hybridized carbons (Fsp3) is 0.468. The average molecular weight is 1450 g/mol. The third kappa shape index (κ3) is 29.0. The first-order valence-electron chi connectivity index (χ1n) is 33.9. The van der Waals surface area contributed by atoms with Gasteiger partial charge in [0.1, 0.15) is 54.3 Å². The molecule has 3 saturated heterocycles. The first kappa shape index (κ1) is 87.6. The third-order valence-electron chi connectivity index (χ3n) is 17.2. The molecule has 9 rings (SSSR count). The van der Waals surface area contributed by atoms with Crippen molar-refractivity contribution in [2.75, 3.05) is 48.3 Å². The number of cyclic esters (lactones) is 3. The SMILES string of the molecule is C=C(C)[C@H]1C=C[C@@](C)(O)CC1.CC(C)[C@H]1COC(=O)N1.COc1cc(C)cc(CC(=O)Cl)c1.COc1cc(C)cc(CC(=O)N2C(=O)OC[C@@H]2C(C)C)c1.COc1cc(C)cc([C@H](C)C(=O)N2C(=O)OC[C@@H]2C(C)C)c1.COc1cc(C)cc([C@H](C)C(=O)O)c1.C[C@H](C(=O)O)c1cc(O)cc(O)c1. The van der Waals surface area contributed by atoms with Crippen LogP contribution in [-0.2, 0) is 51.0 Å². The molecule has 5 aromatic carbocycles. The molecule has 5 aromatic rings. The molecule has 0 unspecified atom stereocenters. The molecule has 0 bridgehead atoms. The van der Waals surface area contributed by atoms with Crippen molar-refractivity contribution in [1.82, 2.24) is 15.1 Å². The van der Waals surface area contributed by atoms with E-state index in [9.17, 15) is 43.5 Å². The second-order valence-corrected chi connectivity index (χ2v) is 27.6. The molecule has 1 aliphatic carbocycles. The first-order chi connectivity index (χ1) is 48.1. The number of aryl methyl sites for hydroxylation is 4. The van der Waals surface area contributed by atoms with Gasteiger partial charge in [-0.2, -0.15) is 0 Å². The van der Waals surface area contributed by atoms with Gasteiger partial charge in [-0.15, -0.1) is 0 Å². The van der Waals surface area contributed by atoms with Crippen LogP contribution in [0.2, 0.25) is 0 Å². The van der Waals surface area contributed by atoms with E-state index in [0.717, 1.165) is 69.2 Å². The zero-order chi connectivity index (χ0) is 77.9. The fourth-order valence-corrected chi connectivity index (χ4v) is 11.0. The zero-order valence-electron chi connectivity index (χ0n) is 62.9. The van der Waals surface area contributed by atoms with E-state index in [4.69, 9.17) is 60.4 Å². The number of imide groups is 2. The Morgan fingerprint density at radius 1 is 0.563 bits per heavy atom. The molecule has 3 fully saturated rings. The van der Waals surface area contributed by atoms with Crippen molar-refractivity contribution < 1.29 is 97.0 Å². The maximum absolute atomic E-state index is 12.8. The van der Waals surface area contributed by atoms with Crippen molar-refractivity contribution in [3.63, 3.8) is 0 Å². The van der Waals surface area contributed by atoms with E-state index in [-0.39, 0.29) is 90.7 Å². The highest BCUT2D eigenvalue weighted by Crippen LogP contribution is 2.32. The number of phenolic OH excluding ortho intramolecular Hbond substituents is 2. The number of methoxy groups -OCH3 is 4. The number of carbonyl (C=O) groups excluding carboxylic acids is 6. The van der Waals surface area contributed by atoms with Gasteiger partial charge in [-0.25, -0.2) is 24.2 Å². The van der Waals surface area contributed by atoms with Crippen LogP contribution in [0.5, 0.6) is 34.5 Å². The molecular formula is C79H106ClN3O20. The van der Waals surface area contributed by atoms with Gasteiger partial charge in [-0.05, 0) is 221 Å². The van der Waals surface area contributed by atoms with Crippen LogP contribution in [0.4, 0.5) is 14.4 Å². The van der Waals surface area contributed by atoms with Crippen molar-refractivity contribution in [2.24, 2.45) is 23.7 Å². The molecule has 564 valence electrons. The smallest absolute Gasteiger partial charge is 0.417 e. The molecular weight excluding hydrogens is 1350 g/mol. The van der Waals surface area contributed by atoms with Crippen molar-refractivity contribution >= 4 is 58.9 Å². The summed E-state index contributed by atoms with van der Waals surface area (Å²) < 4.78 is 35.3. The molecule has 0 radical (unpaired) electrons. The number of nitrogens with one attached hydrogen (secondary N) is 1. The van der Waals surface area contributed by atoms with E-state index >= 15 is 0 Å². The normalized spacial score (nSPS) is 18.5. The number of hydrogen-bond acceptors (Lipinski definition) is 18. The fourth-order valence-electron chi connectivity index (χ4n) is 10.8. The van der Waals surface area contributed by atoms with E-state index in [2.05, 4.69) is 36.6 Å². The topological polar surface area (TPSA) is 321 Å². The van der Waals surface area contributed by atoms with Gasteiger partial charge in [0.25, 0.3) is 0 Å².